The smallest absolute Gasteiger partial charge is 0.331 e. The molecule has 1 fully saturated rings. The lowest BCUT2D eigenvalue weighted by Crippen LogP contribution is -2.35. The largest absolute Gasteiger partial charge is 0.459 e. The Bertz CT molecular complexity index is 581. The van der Waals surface area contributed by atoms with Crippen LogP contribution < -0.4 is 0 Å². The number of hydrogen-bond acceptors (Lipinski definition) is 2. The quantitative estimate of drug-likeness (QED) is 0.577. The van der Waals surface area contributed by atoms with E-state index in [4.69, 9.17) is 4.74 Å². The molecule has 3 atom stereocenters. The highest BCUT2D eigenvalue weighted by Crippen LogP contribution is 2.35. The van der Waals surface area contributed by atoms with Crippen molar-refractivity contribution < 1.29 is 18.3 Å². The normalized spacial score (nSPS) is 25.0. The van der Waals surface area contributed by atoms with Gasteiger partial charge in [-0.05, 0) is 54.4 Å². The highest BCUT2D eigenvalue weighted by molar-refractivity contribution is 5.87. The van der Waals surface area contributed by atoms with E-state index < -0.39 is 17.6 Å². The van der Waals surface area contributed by atoms with Crippen molar-refractivity contribution >= 4 is 12.0 Å². The number of esters is 1. The number of rotatable bonds is 4. The monoisotopic (exact) mass is 322 g/mol. The van der Waals surface area contributed by atoms with Gasteiger partial charge >= 0.3 is 5.97 Å². The molecule has 0 heterocycles. The van der Waals surface area contributed by atoms with E-state index in [1.165, 1.54) is 24.6 Å². The summed E-state index contributed by atoms with van der Waals surface area (Å²) in [5.74, 6) is -0.859. The van der Waals surface area contributed by atoms with Crippen LogP contribution in [-0.2, 0) is 9.53 Å². The molecule has 126 valence electrons. The van der Waals surface area contributed by atoms with Crippen LogP contribution in [0.1, 0.15) is 45.6 Å². The first kappa shape index (κ1) is 17.6. The number of carbonyl (C=O) groups is 1. The predicted molar refractivity (Wildman–Crippen MR) is 86.6 cm³/mol. The van der Waals surface area contributed by atoms with Crippen molar-refractivity contribution in [3.8, 4) is 0 Å². The summed E-state index contributed by atoms with van der Waals surface area (Å²) in [6.07, 6.45) is 5.78. The highest BCUT2D eigenvalue weighted by Gasteiger charge is 2.32. The van der Waals surface area contributed by atoms with Gasteiger partial charge in [-0.25, -0.2) is 13.6 Å². The van der Waals surface area contributed by atoms with Gasteiger partial charge in [-0.3, -0.25) is 0 Å². The molecule has 1 aromatic carbocycles. The minimum Gasteiger partial charge on any atom is -0.459 e. The molecule has 0 radical (unpaired) electrons. The molecule has 0 aliphatic heterocycles. The Kier molecular flexibility index (Phi) is 5.91. The summed E-state index contributed by atoms with van der Waals surface area (Å²) in [6, 6.07) is 3.51. The van der Waals surface area contributed by atoms with Crippen LogP contribution in [0.3, 0.4) is 0 Å². The Morgan fingerprint density at radius 3 is 2.65 bits per heavy atom. The van der Waals surface area contributed by atoms with Crippen LogP contribution in [0.2, 0.25) is 0 Å². The summed E-state index contributed by atoms with van der Waals surface area (Å²) in [5, 5.41) is 0. The van der Waals surface area contributed by atoms with E-state index in [9.17, 15) is 13.6 Å². The molecule has 1 saturated carbocycles. The number of halogens is 2. The minimum absolute atomic E-state index is 0.0687. The lowest BCUT2D eigenvalue weighted by Gasteiger charge is -2.36. The average molecular weight is 322 g/mol. The van der Waals surface area contributed by atoms with E-state index in [1.807, 2.05) is 0 Å². The third-order valence-electron chi connectivity index (χ3n) is 4.58. The zero-order chi connectivity index (χ0) is 17.0. The molecule has 4 heteroatoms. The molecule has 0 saturated heterocycles. The SMILES string of the molecule is CC(C)[C@@H]1CC[C@@H](C)C[C@H]1OC(=O)C=Cc1ccc(F)c(F)c1. The number of carbonyl (C=O) groups excluding carboxylic acids is 1. The van der Waals surface area contributed by atoms with Crippen molar-refractivity contribution in [3.05, 3.63) is 41.5 Å². The fourth-order valence-corrected chi connectivity index (χ4v) is 3.22. The maximum Gasteiger partial charge on any atom is 0.331 e. The molecular formula is C19H24F2O2. The topological polar surface area (TPSA) is 26.3 Å². The van der Waals surface area contributed by atoms with Gasteiger partial charge in [-0.2, -0.15) is 0 Å². The summed E-state index contributed by atoms with van der Waals surface area (Å²) in [4.78, 5) is 12.0. The van der Waals surface area contributed by atoms with E-state index in [-0.39, 0.29) is 6.10 Å². The zero-order valence-corrected chi connectivity index (χ0v) is 13.9. The van der Waals surface area contributed by atoms with Crippen LogP contribution in [0.5, 0.6) is 0 Å². The fourth-order valence-electron chi connectivity index (χ4n) is 3.22. The molecule has 0 bridgehead atoms. The van der Waals surface area contributed by atoms with Crippen LogP contribution in [-0.4, -0.2) is 12.1 Å². The third kappa shape index (κ3) is 4.88. The molecule has 0 spiro atoms. The van der Waals surface area contributed by atoms with Gasteiger partial charge < -0.3 is 4.74 Å². The predicted octanol–water partition coefficient (Wildman–Crippen LogP) is 4.98. The number of hydrogen-bond donors (Lipinski definition) is 0. The van der Waals surface area contributed by atoms with Gasteiger partial charge in [0.2, 0.25) is 0 Å². The molecule has 2 rings (SSSR count). The maximum atomic E-state index is 13.1. The Morgan fingerprint density at radius 2 is 2.00 bits per heavy atom. The Balaban J connectivity index is 1.99. The van der Waals surface area contributed by atoms with Gasteiger partial charge in [0.25, 0.3) is 0 Å². The van der Waals surface area contributed by atoms with E-state index in [1.54, 1.807) is 0 Å². The molecule has 0 unspecified atom stereocenters. The maximum absolute atomic E-state index is 13.1. The van der Waals surface area contributed by atoms with Gasteiger partial charge in [0, 0.05) is 6.08 Å². The highest BCUT2D eigenvalue weighted by atomic mass is 19.2. The van der Waals surface area contributed by atoms with Crippen molar-refractivity contribution in [1.29, 1.82) is 0 Å². The van der Waals surface area contributed by atoms with Crippen LogP contribution in [0.4, 0.5) is 8.78 Å². The molecular weight excluding hydrogens is 298 g/mol. The second kappa shape index (κ2) is 7.71. The van der Waals surface area contributed by atoms with E-state index in [0.717, 1.165) is 25.0 Å². The van der Waals surface area contributed by atoms with Crippen molar-refractivity contribution in [2.45, 2.75) is 46.1 Å². The lowest BCUT2D eigenvalue weighted by atomic mass is 9.75. The van der Waals surface area contributed by atoms with E-state index >= 15 is 0 Å². The van der Waals surface area contributed by atoms with Gasteiger partial charge in [-0.1, -0.05) is 33.3 Å². The Morgan fingerprint density at radius 1 is 1.26 bits per heavy atom. The molecule has 2 nitrogen and oxygen atoms in total. The lowest BCUT2D eigenvalue weighted by molar-refractivity contribution is -0.149. The first-order valence-electron chi connectivity index (χ1n) is 8.20. The number of benzene rings is 1. The molecule has 0 amide bonds. The molecule has 1 aromatic rings. The van der Waals surface area contributed by atoms with Crippen LogP contribution >= 0.6 is 0 Å². The Labute approximate surface area is 136 Å². The van der Waals surface area contributed by atoms with Crippen molar-refractivity contribution in [2.75, 3.05) is 0 Å². The van der Waals surface area contributed by atoms with Crippen LogP contribution in [0.25, 0.3) is 6.08 Å². The van der Waals surface area contributed by atoms with Crippen molar-refractivity contribution in [2.24, 2.45) is 17.8 Å². The second-order valence-electron chi connectivity index (χ2n) is 6.81. The fraction of sp³-hybridized carbons (Fsp3) is 0.526. The summed E-state index contributed by atoms with van der Waals surface area (Å²) in [6.45, 7) is 6.48. The third-order valence-corrected chi connectivity index (χ3v) is 4.58. The van der Waals surface area contributed by atoms with E-state index in [2.05, 4.69) is 20.8 Å². The average Bonchev–Trinajstić information content (AvgIpc) is 2.48. The van der Waals surface area contributed by atoms with Gasteiger partial charge in [-0.15, -0.1) is 0 Å². The van der Waals surface area contributed by atoms with Gasteiger partial charge in [0.1, 0.15) is 6.10 Å². The summed E-state index contributed by atoms with van der Waals surface area (Å²) in [7, 11) is 0. The van der Waals surface area contributed by atoms with Crippen LogP contribution in [0.15, 0.2) is 24.3 Å². The first-order valence-corrected chi connectivity index (χ1v) is 8.20. The standard InChI is InChI=1S/C19H24F2O2/c1-12(2)15-7-4-13(3)10-18(15)23-19(22)9-6-14-5-8-16(20)17(21)11-14/h5-6,8-9,11-13,15,18H,4,7,10H2,1-3H3/t13-,15+,18-/m1/s1. The number of ether oxygens (including phenoxy) is 1. The summed E-state index contributed by atoms with van der Waals surface area (Å²) in [5.41, 5.74) is 0.429. The first-order chi connectivity index (χ1) is 10.9. The second-order valence-corrected chi connectivity index (χ2v) is 6.81. The molecule has 1 aliphatic rings. The molecule has 0 aromatic heterocycles. The van der Waals surface area contributed by atoms with E-state index in [0.29, 0.717) is 23.3 Å². The Hall–Kier alpha value is -1.71. The molecule has 23 heavy (non-hydrogen) atoms. The zero-order valence-electron chi connectivity index (χ0n) is 13.9. The van der Waals surface area contributed by atoms with Crippen LogP contribution in [0, 0.1) is 29.4 Å². The minimum atomic E-state index is -0.929. The van der Waals surface area contributed by atoms with Gasteiger partial charge in [0.15, 0.2) is 11.6 Å². The van der Waals surface area contributed by atoms with Crippen molar-refractivity contribution in [1.82, 2.24) is 0 Å². The summed E-state index contributed by atoms with van der Waals surface area (Å²) >= 11 is 0. The van der Waals surface area contributed by atoms with Crippen molar-refractivity contribution in [3.63, 3.8) is 0 Å². The molecule has 1 aliphatic carbocycles. The molecule has 0 N–H and O–H groups in total. The summed E-state index contributed by atoms with van der Waals surface area (Å²) < 4.78 is 31.6. The van der Waals surface area contributed by atoms with Gasteiger partial charge in [0.05, 0.1) is 0 Å².